The number of hydrogen-bond acceptors (Lipinski definition) is 2. The van der Waals surface area contributed by atoms with Gasteiger partial charge in [-0.3, -0.25) is 0 Å². The molecule has 3 unspecified atom stereocenters. The van der Waals surface area contributed by atoms with Gasteiger partial charge in [0, 0.05) is 31.4 Å². The predicted octanol–water partition coefficient (Wildman–Crippen LogP) is 0.345. The Labute approximate surface area is 64.0 Å². The van der Waals surface area contributed by atoms with Gasteiger partial charge in [0.25, 0.3) is 0 Å². The number of hydrogen-bond donors (Lipinski definition) is 2. The Bertz CT molecular complexity index is 198. The summed E-state index contributed by atoms with van der Waals surface area (Å²) in [4.78, 5) is 0. The maximum absolute atomic E-state index is 7.81. The Morgan fingerprint density at radius 2 is 2.11 bits per heavy atom. The van der Waals surface area contributed by atoms with Gasteiger partial charge in [-0.05, 0) is 20.8 Å². The van der Waals surface area contributed by atoms with E-state index in [2.05, 4.69) is 10.6 Å². The summed E-state index contributed by atoms with van der Waals surface area (Å²) in [6, 6.07) is -4.50. The summed E-state index contributed by atoms with van der Waals surface area (Å²) in [7, 11) is 0. The first kappa shape index (κ1) is 2.89. The van der Waals surface area contributed by atoms with E-state index in [1.807, 2.05) is 0 Å². The minimum absolute atomic E-state index is 1.35. The number of rotatable bonds is 0. The lowest BCUT2D eigenvalue weighted by atomic mass is 10.1. The highest BCUT2D eigenvalue weighted by Crippen LogP contribution is 1.99. The molecule has 0 aliphatic carbocycles. The zero-order valence-corrected chi connectivity index (χ0v) is 6.00. The molecule has 0 saturated carbocycles. The highest BCUT2D eigenvalue weighted by atomic mass is 15.1. The molecule has 0 bridgehead atoms. The van der Waals surface area contributed by atoms with E-state index in [9.17, 15) is 0 Å². The molecule has 0 aromatic rings. The summed E-state index contributed by atoms with van der Waals surface area (Å²) >= 11 is 0. The quantitative estimate of drug-likeness (QED) is 0.498. The first-order valence-electron chi connectivity index (χ1n) is 5.50. The van der Waals surface area contributed by atoms with Crippen molar-refractivity contribution in [3.63, 3.8) is 0 Å². The van der Waals surface area contributed by atoms with Crippen molar-refractivity contribution in [3.05, 3.63) is 0 Å². The molecule has 2 N–H and O–H groups in total. The topological polar surface area (TPSA) is 24.1 Å². The van der Waals surface area contributed by atoms with Gasteiger partial charge in [0.15, 0.2) is 0 Å². The highest BCUT2D eigenvalue weighted by Gasteiger charge is 2.18. The second-order valence-corrected chi connectivity index (χ2v) is 2.25. The fourth-order valence-corrected chi connectivity index (χ4v) is 0.688. The van der Waals surface area contributed by atoms with Crippen molar-refractivity contribution in [1.82, 2.24) is 10.6 Å². The Hall–Kier alpha value is -0.0800. The maximum atomic E-state index is 7.81. The van der Waals surface area contributed by atoms with Crippen molar-refractivity contribution in [1.29, 1.82) is 0 Å². The molecule has 0 aromatic heterocycles. The van der Waals surface area contributed by atoms with Crippen LogP contribution < -0.4 is 10.6 Å². The fraction of sp³-hybridized carbons (Fsp3) is 1.00. The van der Waals surface area contributed by atoms with Crippen LogP contribution >= 0.6 is 0 Å². The smallest absolute Gasteiger partial charge is 0.0478 e. The first-order valence-corrected chi connectivity index (χ1v) is 3.00. The maximum Gasteiger partial charge on any atom is 0.0478 e. The first-order chi connectivity index (χ1) is 5.91. The van der Waals surface area contributed by atoms with E-state index in [4.69, 9.17) is 6.85 Å². The van der Waals surface area contributed by atoms with Gasteiger partial charge >= 0.3 is 0 Å². The molecule has 1 heterocycles. The summed E-state index contributed by atoms with van der Waals surface area (Å²) < 4.78 is 38.4. The van der Waals surface area contributed by atoms with Gasteiger partial charge in [-0.1, -0.05) is 0 Å². The van der Waals surface area contributed by atoms with Crippen LogP contribution in [-0.4, -0.2) is 24.6 Å². The van der Waals surface area contributed by atoms with E-state index < -0.39 is 24.6 Å². The van der Waals surface area contributed by atoms with E-state index in [1.54, 1.807) is 0 Å². The lowest BCUT2D eigenvalue weighted by Crippen LogP contribution is -2.57. The Balaban J connectivity index is 3.07. The standard InChI is InChI=1S/C7H16N2/c1-5-4-8-6(2)7(3)9-5/h5-9H,4H2,1-3H3/i4D2,5D,6D,7D. The van der Waals surface area contributed by atoms with Crippen LogP contribution in [0.2, 0.25) is 0 Å². The Morgan fingerprint density at radius 1 is 1.44 bits per heavy atom. The van der Waals surface area contributed by atoms with Gasteiger partial charge < -0.3 is 10.6 Å². The van der Waals surface area contributed by atoms with Gasteiger partial charge in [-0.15, -0.1) is 0 Å². The minimum atomic E-state index is -2.04. The molecule has 1 aliphatic heterocycles. The predicted molar refractivity (Wildman–Crippen MR) is 39.5 cm³/mol. The third-order valence-corrected chi connectivity index (χ3v) is 1.38. The molecular weight excluding hydrogens is 112 g/mol. The van der Waals surface area contributed by atoms with Gasteiger partial charge in [0.1, 0.15) is 0 Å². The van der Waals surface area contributed by atoms with Crippen molar-refractivity contribution >= 4 is 0 Å². The SMILES string of the molecule is [2H]C1([2H])NC([2H])(C)C([2H])(C)NC1([2H])C. The van der Waals surface area contributed by atoms with E-state index in [0.29, 0.717) is 0 Å². The second-order valence-electron chi connectivity index (χ2n) is 2.25. The molecule has 54 valence electrons. The van der Waals surface area contributed by atoms with E-state index >= 15 is 0 Å². The molecule has 0 radical (unpaired) electrons. The number of piperazine rings is 1. The monoisotopic (exact) mass is 133 g/mol. The van der Waals surface area contributed by atoms with Crippen molar-refractivity contribution in [2.75, 3.05) is 6.50 Å². The van der Waals surface area contributed by atoms with Crippen LogP contribution in [0.4, 0.5) is 0 Å². The molecule has 0 amide bonds. The Morgan fingerprint density at radius 3 is 2.67 bits per heavy atom. The molecule has 0 aromatic carbocycles. The molecule has 9 heavy (non-hydrogen) atoms. The molecule has 2 nitrogen and oxygen atoms in total. The summed E-state index contributed by atoms with van der Waals surface area (Å²) in [5.41, 5.74) is 0. The molecule has 1 aliphatic rings. The normalized spacial score (nSPS) is 83.2. The lowest BCUT2D eigenvalue weighted by Gasteiger charge is -2.32. The van der Waals surface area contributed by atoms with Crippen LogP contribution in [0.1, 0.15) is 27.6 Å². The molecule has 0 spiro atoms. The van der Waals surface area contributed by atoms with Crippen LogP contribution in [0.5, 0.6) is 0 Å². The summed E-state index contributed by atoms with van der Waals surface area (Å²) in [6.07, 6.45) is 0. The summed E-state index contributed by atoms with van der Waals surface area (Å²) in [5, 5.41) is 4.90. The van der Waals surface area contributed by atoms with Crippen molar-refractivity contribution < 1.29 is 6.85 Å². The molecule has 1 fully saturated rings. The van der Waals surface area contributed by atoms with Crippen molar-refractivity contribution in [2.24, 2.45) is 0 Å². The zero-order chi connectivity index (χ0) is 11.4. The molecule has 1 saturated heterocycles. The second kappa shape index (κ2) is 2.67. The van der Waals surface area contributed by atoms with Gasteiger partial charge in [-0.25, -0.2) is 0 Å². The Kier molecular flexibility index (Phi) is 0.856. The average molecular weight is 133 g/mol. The lowest BCUT2D eigenvalue weighted by molar-refractivity contribution is 0.305. The largest absolute Gasteiger partial charge is 0.311 e. The van der Waals surface area contributed by atoms with Gasteiger partial charge in [-0.2, -0.15) is 0 Å². The van der Waals surface area contributed by atoms with Crippen LogP contribution in [0.3, 0.4) is 0 Å². The van der Waals surface area contributed by atoms with Crippen molar-refractivity contribution in [3.8, 4) is 0 Å². The van der Waals surface area contributed by atoms with Crippen LogP contribution in [-0.2, 0) is 0 Å². The number of nitrogens with one attached hydrogen (secondary N) is 2. The summed E-state index contributed by atoms with van der Waals surface area (Å²) in [6.45, 7) is 2.18. The zero-order valence-electron chi connectivity index (χ0n) is 11.0. The van der Waals surface area contributed by atoms with E-state index in [1.165, 1.54) is 20.8 Å². The molecule has 2 heteroatoms. The van der Waals surface area contributed by atoms with E-state index in [-0.39, 0.29) is 0 Å². The van der Waals surface area contributed by atoms with Crippen LogP contribution in [0, 0.1) is 0 Å². The summed E-state index contributed by atoms with van der Waals surface area (Å²) in [5.74, 6) is 0. The third kappa shape index (κ3) is 1.66. The fourth-order valence-electron chi connectivity index (χ4n) is 0.688. The molecular formula is C7H16N2. The van der Waals surface area contributed by atoms with Gasteiger partial charge in [0.05, 0.1) is 0 Å². The van der Waals surface area contributed by atoms with E-state index in [0.717, 1.165) is 0 Å². The molecule has 1 rings (SSSR count). The van der Waals surface area contributed by atoms with Crippen LogP contribution in [0.15, 0.2) is 0 Å². The minimum Gasteiger partial charge on any atom is -0.311 e. The average Bonchev–Trinajstić information content (AvgIpc) is 1.78. The van der Waals surface area contributed by atoms with Crippen LogP contribution in [0.25, 0.3) is 0 Å². The third-order valence-electron chi connectivity index (χ3n) is 1.38. The molecule has 3 atom stereocenters. The van der Waals surface area contributed by atoms with Gasteiger partial charge in [0.2, 0.25) is 0 Å². The van der Waals surface area contributed by atoms with Crippen molar-refractivity contribution in [2.45, 2.75) is 38.8 Å². The highest BCUT2D eigenvalue weighted by molar-refractivity contribution is 4.84.